The number of carbonyl (C=O) groups is 2. The Labute approximate surface area is 205 Å². The monoisotopic (exact) mass is 499 g/mol. The second kappa shape index (κ2) is 10.5. The Bertz CT molecular complexity index is 1210. The lowest BCUT2D eigenvalue weighted by Gasteiger charge is -2.21. The number of hydrogen-bond acceptors (Lipinski definition) is 5. The third-order valence-electron chi connectivity index (χ3n) is 6.28. The Balaban J connectivity index is 1.32. The van der Waals surface area contributed by atoms with Crippen molar-refractivity contribution in [2.45, 2.75) is 30.7 Å². The summed E-state index contributed by atoms with van der Waals surface area (Å²) in [5.74, 6) is -0.127. The van der Waals surface area contributed by atoms with E-state index in [1.807, 2.05) is 48.5 Å². The van der Waals surface area contributed by atoms with Gasteiger partial charge in [0, 0.05) is 18.0 Å². The minimum atomic E-state index is -4.67. The first-order valence-corrected chi connectivity index (χ1v) is 11.3. The molecule has 3 N–H and O–H groups in total. The molecule has 36 heavy (non-hydrogen) atoms. The molecule has 1 aliphatic carbocycles. The predicted molar refractivity (Wildman–Crippen MR) is 125 cm³/mol. The molecular formula is C27H24F3NO5. The van der Waals surface area contributed by atoms with Crippen LogP contribution in [0.1, 0.15) is 51.1 Å². The number of aliphatic hydroxyl groups excluding tert-OH is 2. The molecule has 0 bridgehead atoms. The van der Waals surface area contributed by atoms with Crippen LogP contribution in [-0.4, -0.2) is 41.8 Å². The summed E-state index contributed by atoms with van der Waals surface area (Å²) in [7, 11) is 0. The summed E-state index contributed by atoms with van der Waals surface area (Å²) >= 11 is 0. The zero-order valence-electron chi connectivity index (χ0n) is 19.0. The number of alkyl carbamates (subject to hydrolysis) is 1. The van der Waals surface area contributed by atoms with Crippen LogP contribution < -0.4 is 5.32 Å². The molecule has 0 aliphatic heterocycles. The van der Waals surface area contributed by atoms with E-state index < -0.39 is 30.0 Å². The first kappa shape index (κ1) is 25.4. The molecule has 2 atom stereocenters. The molecule has 2 unspecified atom stereocenters. The van der Waals surface area contributed by atoms with Crippen LogP contribution in [0.25, 0.3) is 11.1 Å². The van der Waals surface area contributed by atoms with Crippen molar-refractivity contribution >= 4 is 12.4 Å². The third-order valence-corrected chi connectivity index (χ3v) is 6.28. The average Bonchev–Trinajstić information content (AvgIpc) is 3.19. The van der Waals surface area contributed by atoms with Crippen LogP contribution >= 0.6 is 0 Å². The fourth-order valence-electron chi connectivity index (χ4n) is 4.45. The van der Waals surface area contributed by atoms with Crippen LogP contribution in [0.15, 0.2) is 66.7 Å². The van der Waals surface area contributed by atoms with Crippen molar-refractivity contribution in [3.63, 3.8) is 0 Å². The topological polar surface area (TPSA) is 95.9 Å². The number of benzene rings is 3. The van der Waals surface area contributed by atoms with Crippen molar-refractivity contribution in [2.24, 2.45) is 0 Å². The van der Waals surface area contributed by atoms with Crippen molar-refractivity contribution in [3.05, 3.63) is 94.5 Å². The van der Waals surface area contributed by atoms with Crippen molar-refractivity contribution in [1.82, 2.24) is 5.32 Å². The van der Waals surface area contributed by atoms with Crippen molar-refractivity contribution < 1.29 is 37.7 Å². The SMILES string of the molecule is O=Cc1ccc(C(F)(F)F)cc1C(O)C(O)CCNC(=O)OCC1c2ccccc2-c2ccccc21. The van der Waals surface area contributed by atoms with E-state index in [1.165, 1.54) is 0 Å². The maximum absolute atomic E-state index is 13.0. The third kappa shape index (κ3) is 5.27. The molecule has 1 aliphatic rings. The molecule has 4 rings (SSSR count). The van der Waals surface area contributed by atoms with E-state index in [2.05, 4.69) is 5.32 Å². The zero-order chi connectivity index (χ0) is 25.9. The standard InChI is InChI=1S/C27H24F3NO5/c28-27(29,30)17-10-9-16(14-32)22(13-17)25(34)24(33)11-12-31-26(35)36-15-23-20-7-3-1-5-18(20)19-6-2-4-8-21(19)23/h1-10,13-14,23-25,33-34H,11-12,15H2,(H,31,35). The van der Waals surface area contributed by atoms with E-state index in [4.69, 9.17) is 4.74 Å². The summed E-state index contributed by atoms with van der Waals surface area (Å²) in [6.07, 6.45) is -8.56. The molecule has 1 amide bonds. The van der Waals surface area contributed by atoms with Crippen LogP contribution in [0.5, 0.6) is 0 Å². The van der Waals surface area contributed by atoms with Gasteiger partial charge in [-0.3, -0.25) is 4.79 Å². The van der Waals surface area contributed by atoms with E-state index in [0.717, 1.165) is 34.4 Å². The van der Waals surface area contributed by atoms with E-state index in [1.54, 1.807) is 0 Å². The number of ether oxygens (including phenoxy) is 1. The van der Waals surface area contributed by atoms with E-state index in [0.29, 0.717) is 12.4 Å². The van der Waals surface area contributed by atoms with E-state index in [-0.39, 0.29) is 36.6 Å². The Morgan fingerprint density at radius 1 is 1.00 bits per heavy atom. The largest absolute Gasteiger partial charge is 0.449 e. The highest BCUT2D eigenvalue weighted by molar-refractivity contribution is 5.79. The van der Waals surface area contributed by atoms with Gasteiger partial charge in [0.05, 0.1) is 11.7 Å². The Kier molecular flexibility index (Phi) is 7.42. The summed E-state index contributed by atoms with van der Waals surface area (Å²) in [5, 5.41) is 23.1. The maximum Gasteiger partial charge on any atom is 0.416 e. The van der Waals surface area contributed by atoms with Gasteiger partial charge in [-0.1, -0.05) is 54.6 Å². The quantitative estimate of drug-likeness (QED) is 0.386. The van der Waals surface area contributed by atoms with Gasteiger partial charge in [-0.05, 0) is 46.4 Å². The number of carbonyl (C=O) groups excluding carboxylic acids is 2. The second-order valence-electron chi connectivity index (χ2n) is 8.51. The summed E-state index contributed by atoms with van der Waals surface area (Å²) < 4.78 is 44.4. The van der Waals surface area contributed by atoms with Gasteiger partial charge in [0.2, 0.25) is 0 Å². The highest BCUT2D eigenvalue weighted by Crippen LogP contribution is 2.44. The molecule has 0 saturated heterocycles. The number of fused-ring (bicyclic) bond motifs is 3. The van der Waals surface area contributed by atoms with Gasteiger partial charge in [-0.15, -0.1) is 0 Å². The van der Waals surface area contributed by atoms with Crippen LogP contribution in [0.2, 0.25) is 0 Å². The highest BCUT2D eigenvalue weighted by atomic mass is 19.4. The lowest BCUT2D eigenvalue weighted by Crippen LogP contribution is -2.31. The Hall–Kier alpha value is -3.69. The van der Waals surface area contributed by atoms with Crippen LogP contribution in [-0.2, 0) is 10.9 Å². The normalized spacial score (nSPS) is 14.5. The highest BCUT2D eigenvalue weighted by Gasteiger charge is 2.33. The number of aliphatic hydroxyl groups is 2. The van der Waals surface area contributed by atoms with Gasteiger partial charge in [-0.25, -0.2) is 4.79 Å². The fraction of sp³-hybridized carbons (Fsp3) is 0.259. The molecule has 188 valence electrons. The molecule has 0 radical (unpaired) electrons. The average molecular weight is 499 g/mol. The number of hydrogen-bond donors (Lipinski definition) is 3. The minimum absolute atomic E-state index is 0.0952. The molecule has 9 heteroatoms. The Morgan fingerprint density at radius 2 is 1.61 bits per heavy atom. The van der Waals surface area contributed by atoms with Crippen molar-refractivity contribution in [2.75, 3.05) is 13.2 Å². The first-order valence-electron chi connectivity index (χ1n) is 11.3. The molecule has 0 heterocycles. The summed E-state index contributed by atoms with van der Waals surface area (Å²) in [5.41, 5.74) is 2.72. The number of halogens is 3. The van der Waals surface area contributed by atoms with Crippen molar-refractivity contribution in [1.29, 1.82) is 0 Å². The lowest BCUT2D eigenvalue weighted by molar-refractivity contribution is -0.137. The first-order chi connectivity index (χ1) is 17.2. The van der Waals surface area contributed by atoms with Crippen LogP contribution in [0.4, 0.5) is 18.0 Å². The molecule has 3 aromatic carbocycles. The van der Waals surface area contributed by atoms with Crippen LogP contribution in [0, 0.1) is 0 Å². The molecule has 6 nitrogen and oxygen atoms in total. The minimum Gasteiger partial charge on any atom is -0.449 e. The van der Waals surface area contributed by atoms with E-state index in [9.17, 15) is 33.0 Å². The number of alkyl halides is 3. The predicted octanol–water partition coefficient (Wildman–Crippen LogP) is 4.84. The van der Waals surface area contributed by atoms with Gasteiger partial charge in [0.25, 0.3) is 0 Å². The smallest absolute Gasteiger partial charge is 0.416 e. The summed E-state index contributed by atoms with van der Waals surface area (Å²) in [4.78, 5) is 23.5. The molecule has 0 saturated carbocycles. The summed E-state index contributed by atoms with van der Waals surface area (Å²) in [6.45, 7) is -0.0117. The molecule has 0 fully saturated rings. The van der Waals surface area contributed by atoms with Gasteiger partial charge in [-0.2, -0.15) is 13.2 Å². The number of rotatable bonds is 8. The molecular weight excluding hydrogens is 475 g/mol. The Morgan fingerprint density at radius 3 is 2.19 bits per heavy atom. The van der Waals surface area contributed by atoms with Crippen LogP contribution in [0.3, 0.4) is 0 Å². The van der Waals surface area contributed by atoms with Gasteiger partial charge < -0.3 is 20.3 Å². The zero-order valence-corrected chi connectivity index (χ0v) is 19.0. The fourth-order valence-corrected chi connectivity index (χ4v) is 4.45. The van der Waals surface area contributed by atoms with Crippen molar-refractivity contribution in [3.8, 4) is 11.1 Å². The molecule has 3 aromatic rings. The second-order valence-corrected chi connectivity index (χ2v) is 8.51. The number of aldehydes is 1. The van der Waals surface area contributed by atoms with Gasteiger partial charge in [0.15, 0.2) is 0 Å². The summed E-state index contributed by atoms with van der Waals surface area (Å²) in [6, 6.07) is 18.0. The molecule has 0 aromatic heterocycles. The van der Waals surface area contributed by atoms with Gasteiger partial charge in [0.1, 0.15) is 19.0 Å². The number of amides is 1. The number of nitrogens with one attached hydrogen (secondary N) is 1. The van der Waals surface area contributed by atoms with E-state index >= 15 is 0 Å². The van der Waals surface area contributed by atoms with Gasteiger partial charge >= 0.3 is 12.3 Å². The lowest BCUT2D eigenvalue weighted by atomic mass is 9.95. The molecule has 0 spiro atoms. The maximum atomic E-state index is 13.0.